The third kappa shape index (κ3) is 7.06. The van der Waals surface area contributed by atoms with E-state index in [9.17, 15) is 24.3 Å². The Morgan fingerprint density at radius 2 is 2.03 bits per heavy atom. The summed E-state index contributed by atoms with van der Waals surface area (Å²) >= 11 is 0. The number of aliphatic carboxylic acids is 1. The van der Waals surface area contributed by atoms with Crippen LogP contribution in [0.3, 0.4) is 0 Å². The molecule has 0 aromatic carbocycles. The second-order valence-corrected chi connectivity index (χ2v) is 10.1. The average molecular weight is 545 g/mol. The van der Waals surface area contributed by atoms with Gasteiger partial charge in [0.2, 0.25) is 5.91 Å². The normalized spacial score (nSPS) is 19.6. The van der Waals surface area contributed by atoms with Gasteiger partial charge in [-0.2, -0.15) is 0 Å². The number of nitrogens with one attached hydrogen (secondary N) is 2. The molecule has 2 saturated heterocycles. The first kappa shape index (κ1) is 28.4. The fourth-order valence-electron chi connectivity index (χ4n) is 5.26. The molecule has 0 bridgehead atoms. The van der Waals surface area contributed by atoms with Crippen molar-refractivity contribution in [3.8, 4) is 0 Å². The summed E-state index contributed by atoms with van der Waals surface area (Å²) in [6, 6.07) is -1.76. The molecule has 4 rings (SSSR count). The van der Waals surface area contributed by atoms with E-state index >= 15 is 0 Å². The Kier molecular flexibility index (Phi) is 9.41. The molecular formula is C25H36N8O6. The molecule has 2 fully saturated rings. The van der Waals surface area contributed by atoms with Crippen LogP contribution < -0.4 is 16.2 Å². The molecule has 0 spiro atoms. The number of carbonyl (C=O) groups excluding carboxylic acids is 2. The van der Waals surface area contributed by atoms with Crippen LogP contribution in [-0.4, -0.2) is 97.2 Å². The van der Waals surface area contributed by atoms with Crippen molar-refractivity contribution >= 4 is 23.5 Å². The molecule has 2 aliphatic heterocycles. The van der Waals surface area contributed by atoms with Crippen LogP contribution in [-0.2, 0) is 20.9 Å². The maximum absolute atomic E-state index is 13.3. The predicted molar refractivity (Wildman–Crippen MR) is 139 cm³/mol. The van der Waals surface area contributed by atoms with Gasteiger partial charge in [0.1, 0.15) is 17.4 Å². The molecule has 2 aromatic rings. The van der Waals surface area contributed by atoms with Crippen LogP contribution in [0.4, 0.5) is 5.82 Å². The van der Waals surface area contributed by atoms with Gasteiger partial charge in [0.25, 0.3) is 5.56 Å². The summed E-state index contributed by atoms with van der Waals surface area (Å²) in [5, 5.41) is 22.4. The van der Waals surface area contributed by atoms with E-state index in [-0.39, 0.29) is 31.1 Å². The lowest BCUT2D eigenvalue weighted by molar-refractivity contribution is -0.140. The maximum atomic E-state index is 13.3. The number of carboxylic acids is 1. The zero-order chi connectivity index (χ0) is 27.9. The van der Waals surface area contributed by atoms with E-state index in [1.807, 2.05) is 4.90 Å². The predicted octanol–water partition coefficient (Wildman–Crippen LogP) is 0.197. The van der Waals surface area contributed by atoms with Crippen LogP contribution >= 0.6 is 0 Å². The van der Waals surface area contributed by atoms with Crippen LogP contribution in [0.15, 0.2) is 21.8 Å². The minimum absolute atomic E-state index is 0.00571. The lowest BCUT2D eigenvalue weighted by Gasteiger charge is -2.44. The number of anilines is 1. The topological polar surface area (TPSA) is 176 Å². The molecule has 1 amide bonds. The summed E-state index contributed by atoms with van der Waals surface area (Å²) in [5.41, 5.74) is 0.538. The third-order valence-electron chi connectivity index (χ3n) is 7.45. The first-order valence-corrected chi connectivity index (χ1v) is 13.4. The Balaban J connectivity index is 1.42. The fourth-order valence-corrected chi connectivity index (χ4v) is 5.26. The van der Waals surface area contributed by atoms with Gasteiger partial charge in [-0.05, 0) is 32.7 Å². The van der Waals surface area contributed by atoms with Crippen molar-refractivity contribution in [3.63, 3.8) is 0 Å². The van der Waals surface area contributed by atoms with Crippen molar-refractivity contribution in [2.24, 2.45) is 0 Å². The number of piperazine rings is 1. The molecule has 14 nitrogen and oxygen atoms in total. The Hall–Kier alpha value is -3.65. The highest BCUT2D eigenvalue weighted by Crippen LogP contribution is 2.21. The summed E-state index contributed by atoms with van der Waals surface area (Å²) in [4.78, 5) is 59.7. The van der Waals surface area contributed by atoms with E-state index in [0.717, 1.165) is 32.6 Å². The Labute approximate surface area is 225 Å². The quantitative estimate of drug-likeness (QED) is 0.331. The number of Topliss-reactive ketones (excluding diaryl/α,β-unsaturated/α-hetero) is 1. The van der Waals surface area contributed by atoms with Gasteiger partial charge >= 0.3 is 5.97 Å². The van der Waals surface area contributed by atoms with Crippen LogP contribution in [0.1, 0.15) is 56.5 Å². The molecule has 0 aliphatic carbocycles. The van der Waals surface area contributed by atoms with E-state index in [2.05, 4.69) is 35.5 Å². The van der Waals surface area contributed by atoms with Crippen molar-refractivity contribution < 1.29 is 24.1 Å². The zero-order valence-electron chi connectivity index (χ0n) is 22.3. The molecule has 3 atom stereocenters. The number of piperidine rings is 1. The van der Waals surface area contributed by atoms with Crippen molar-refractivity contribution in [3.05, 3.63) is 34.1 Å². The van der Waals surface area contributed by atoms with E-state index < -0.39 is 35.9 Å². The average Bonchev–Trinajstić information content (AvgIpc) is 3.33. The minimum atomic E-state index is -1.20. The minimum Gasteiger partial charge on any atom is -0.481 e. The summed E-state index contributed by atoms with van der Waals surface area (Å²) in [6.07, 6.45) is 5.93. The standard InChI is InChI=1S/C25H36N8O6/c1-3-20(33-9-7-26-23(25(33)38)27-13-19-16(2)29-39-30-19)24(37)28-18(12-22(35)36)21(34)15-31-10-11-32-8-5-4-6-17(32)14-31/h7,9,17-18,20H,3-6,8,10-15H2,1-2H3,(H,26,27)(H,28,37)(H,35,36). The number of aryl methyl sites for hydroxylation is 1. The summed E-state index contributed by atoms with van der Waals surface area (Å²) in [5.74, 6) is -2.15. The largest absolute Gasteiger partial charge is 0.481 e. The Morgan fingerprint density at radius 1 is 1.21 bits per heavy atom. The van der Waals surface area contributed by atoms with Gasteiger partial charge in [0.05, 0.1) is 25.6 Å². The summed E-state index contributed by atoms with van der Waals surface area (Å²) in [7, 11) is 0. The number of carboxylic acid groups (broad SMARTS) is 1. The van der Waals surface area contributed by atoms with E-state index in [0.29, 0.717) is 17.4 Å². The molecule has 212 valence electrons. The molecule has 3 unspecified atom stereocenters. The van der Waals surface area contributed by atoms with Gasteiger partial charge in [-0.15, -0.1) is 0 Å². The van der Waals surface area contributed by atoms with Gasteiger partial charge in [0.15, 0.2) is 11.6 Å². The molecule has 4 heterocycles. The fraction of sp³-hybridized carbons (Fsp3) is 0.640. The highest BCUT2D eigenvalue weighted by Gasteiger charge is 2.33. The third-order valence-corrected chi connectivity index (χ3v) is 7.45. The SMILES string of the molecule is CCC(C(=O)NC(CC(=O)O)C(=O)CN1CCN2CCCCC2C1)n1ccnc(NCc2nonc2C)c1=O. The smallest absolute Gasteiger partial charge is 0.305 e. The van der Waals surface area contributed by atoms with Crippen molar-refractivity contribution in [1.29, 1.82) is 0 Å². The number of amides is 1. The van der Waals surface area contributed by atoms with Gasteiger partial charge in [0, 0.05) is 38.1 Å². The first-order valence-electron chi connectivity index (χ1n) is 13.4. The van der Waals surface area contributed by atoms with Crippen LogP contribution in [0.2, 0.25) is 0 Å². The lowest BCUT2D eigenvalue weighted by Crippen LogP contribution is -2.57. The number of hydrogen-bond donors (Lipinski definition) is 3. The number of carbonyl (C=O) groups is 3. The van der Waals surface area contributed by atoms with Gasteiger partial charge in [-0.1, -0.05) is 23.7 Å². The highest BCUT2D eigenvalue weighted by molar-refractivity contribution is 5.94. The van der Waals surface area contributed by atoms with Crippen molar-refractivity contribution in [2.45, 2.75) is 70.6 Å². The second kappa shape index (κ2) is 12.9. The number of fused-ring (bicyclic) bond motifs is 1. The van der Waals surface area contributed by atoms with Crippen molar-refractivity contribution in [2.75, 3.05) is 38.0 Å². The summed E-state index contributed by atoms with van der Waals surface area (Å²) < 4.78 is 5.88. The van der Waals surface area contributed by atoms with Gasteiger partial charge in [-0.25, -0.2) is 9.61 Å². The molecule has 0 saturated carbocycles. The monoisotopic (exact) mass is 544 g/mol. The zero-order valence-corrected chi connectivity index (χ0v) is 22.3. The second-order valence-electron chi connectivity index (χ2n) is 10.1. The maximum Gasteiger partial charge on any atom is 0.305 e. The Bertz CT molecular complexity index is 1230. The molecular weight excluding hydrogens is 508 g/mol. The molecule has 0 radical (unpaired) electrons. The summed E-state index contributed by atoms with van der Waals surface area (Å²) in [6.45, 7) is 7.08. The number of aromatic nitrogens is 4. The van der Waals surface area contributed by atoms with Crippen LogP contribution in [0, 0.1) is 6.92 Å². The number of nitrogens with zero attached hydrogens (tertiary/aromatic N) is 6. The lowest BCUT2D eigenvalue weighted by atomic mass is 9.99. The van der Waals surface area contributed by atoms with E-state index in [1.165, 1.54) is 29.8 Å². The molecule has 14 heteroatoms. The highest BCUT2D eigenvalue weighted by atomic mass is 16.6. The van der Waals surface area contributed by atoms with E-state index in [1.54, 1.807) is 13.8 Å². The van der Waals surface area contributed by atoms with Crippen LogP contribution in [0.25, 0.3) is 0 Å². The number of hydrogen-bond acceptors (Lipinski definition) is 11. The molecule has 2 aromatic heterocycles. The van der Waals surface area contributed by atoms with Crippen LogP contribution in [0.5, 0.6) is 0 Å². The van der Waals surface area contributed by atoms with Gasteiger partial charge < -0.3 is 15.7 Å². The molecule has 2 aliphatic rings. The molecule has 39 heavy (non-hydrogen) atoms. The van der Waals surface area contributed by atoms with Crippen molar-refractivity contribution in [1.82, 2.24) is 35.0 Å². The first-order chi connectivity index (χ1) is 18.8. The number of ketones is 1. The van der Waals surface area contributed by atoms with Gasteiger partial charge in [-0.3, -0.25) is 33.5 Å². The van der Waals surface area contributed by atoms with E-state index in [4.69, 9.17) is 0 Å². The molecule has 3 N–H and O–H groups in total. The Morgan fingerprint density at radius 3 is 2.74 bits per heavy atom. The number of rotatable bonds is 12.